The summed E-state index contributed by atoms with van der Waals surface area (Å²) in [5.74, 6) is 0.0114. The number of hydrogen-bond acceptors (Lipinski definition) is 6. The number of rotatable bonds is 2. The first-order valence-corrected chi connectivity index (χ1v) is 8.39. The van der Waals surface area contributed by atoms with Gasteiger partial charge in [-0.3, -0.25) is 9.69 Å². The molecule has 2 atom stereocenters. The molecule has 25 heavy (non-hydrogen) atoms. The fourth-order valence-corrected chi connectivity index (χ4v) is 3.42. The summed E-state index contributed by atoms with van der Waals surface area (Å²) in [6, 6.07) is 2.90. The van der Waals surface area contributed by atoms with Gasteiger partial charge in [0.25, 0.3) is 0 Å². The number of pyridine rings is 1. The molecule has 2 aliphatic rings. The molecule has 0 radical (unpaired) electrons. The van der Waals surface area contributed by atoms with Gasteiger partial charge in [-0.25, -0.2) is 9.78 Å². The lowest BCUT2D eigenvalue weighted by atomic mass is 10.1. The summed E-state index contributed by atoms with van der Waals surface area (Å²) in [6.45, 7) is 5.88. The molecule has 8 nitrogen and oxygen atoms in total. The molecule has 0 N–H and O–H groups in total. The Morgan fingerprint density at radius 3 is 2.60 bits per heavy atom. The van der Waals surface area contributed by atoms with E-state index in [1.807, 2.05) is 20.8 Å². The van der Waals surface area contributed by atoms with Crippen LogP contribution in [0, 0.1) is 4.91 Å². The Morgan fingerprint density at radius 2 is 2.00 bits per heavy atom. The summed E-state index contributed by atoms with van der Waals surface area (Å²) in [4.78, 5) is 43.0. The molecule has 134 valence electrons. The van der Waals surface area contributed by atoms with Crippen LogP contribution in [0.15, 0.2) is 23.5 Å². The zero-order valence-corrected chi connectivity index (χ0v) is 14.6. The van der Waals surface area contributed by atoms with Crippen LogP contribution in [0.2, 0.25) is 0 Å². The highest BCUT2D eigenvalue weighted by Crippen LogP contribution is 2.34. The molecule has 2 aliphatic heterocycles. The predicted octanol–water partition coefficient (Wildman–Crippen LogP) is 2.98. The molecule has 8 heteroatoms. The summed E-state index contributed by atoms with van der Waals surface area (Å²) in [7, 11) is 0. The fourth-order valence-electron chi connectivity index (χ4n) is 3.42. The van der Waals surface area contributed by atoms with Crippen molar-refractivity contribution < 1.29 is 14.3 Å². The zero-order valence-electron chi connectivity index (χ0n) is 14.6. The molecule has 1 unspecified atom stereocenters. The minimum Gasteiger partial charge on any atom is -0.444 e. The summed E-state index contributed by atoms with van der Waals surface area (Å²) >= 11 is 0. The quantitative estimate of drug-likeness (QED) is 0.768. The molecule has 2 bridgehead atoms. The third kappa shape index (κ3) is 3.62. The van der Waals surface area contributed by atoms with Crippen molar-refractivity contribution in [3.05, 3.63) is 23.2 Å². The molecule has 0 saturated carbocycles. The van der Waals surface area contributed by atoms with E-state index in [2.05, 4.69) is 10.2 Å². The monoisotopic (exact) mass is 346 g/mol. The van der Waals surface area contributed by atoms with Crippen molar-refractivity contribution in [2.75, 3.05) is 11.4 Å². The maximum absolute atomic E-state index is 12.6. The lowest BCUT2D eigenvalue weighted by Gasteiger charge is -2.31. The van der Waals surface area contributed by atoms with E-state index in [-0.39, 0.29) is 36.3 Å². The Morgan fingerprint density at radius 1 is 1.28 bits per heavy atom. The number of carbonyl (C=O) groups is 2. The van der Waals surface area contributed by atoms with Crippen LogP contribution in [0.3, 0.4) is 0 Å². The second-order valence-corrected chi connectivity index (χ2v) is 7.45. The normalized spacial score (nSPS) is 23.4. The number of aromatic nitrogens is 1. The number of ether oxygens (including phenoxy) is 1. The van der Waals surface area contributed by atoms with Crippen molar-refractivity contribution in [3.63, 3.8) is 0 Å². The molecule has 2 fully saturated rings. The maximum atomic E-state index is 12.6. The van der Waals surface area contributed by atoms with Gasteiger partial charge in [0.15, 0.2) is 5.82 Å². The average Bonchev–Trinajstić information content (AvgIpc) is 2.86. The number of carbonyl (C=O) groups excluding carboxylic acids is 2. The van der Waals surface area contributed by atoms with E-state index < -0.39 is 5.60 Å². The first kappa shape index (κ1) is 17.3. The number of hydrogen-bond donors (Lipinski definition) is 0. The van der Waals surface area contributed by atoms with Crippen LogP contribution in [0.5, 0.6) is 0 Å². The van der Waals surface area contributed by atoms with Crippen LogP contribution < -0.4 is 4.90 Å². The van der Waals surface area contributed by atoms with Gasteiger partial charge in [0.05, 0.1) is 17.9 Å². The lowest BCUT2D eigenvalue weighted by molar-refractivity contribution is -0.119. The van der Waals surface area contributed by atoms with E-state index in [4.69, 9.17) is 4.74 Å². The number of nitroso groups, excluding NO2 is 1. The van der Waals surface area contributed by atoms with Crippen LogP contribution >= 0.6 is 0 Å². The molecule has 0 aromatic carbocycles. The minimum absolute atomic E-state index is 0.0608. The molecule has 2 saturated heterocycles. The van der Waals surface area contributed by atoms with Gasteiger partial charge in [0.1, 0.15) is 5.60 Å². The van der Waals surface area contributed by atoms with Crippen molar-refractivity contribution in [3.8, 4) is 0 Å². The van der Waals surface area contributed by atoms with E-state index in [0.717, 1.165) is 12.8 Å². The van der Waals surface area contributed by atoms with Gasteiger partial charge in [-0.1, -0.05) is 0 Å². The number of anilines is 1. The van der Waals surface area contributed by atoms with Gasteiger partial charge < -0.3 is 9.64 Å². The minimum atomic E-state index is -0.575. The Labute approximate surface area is 146 Å². The topological polar surface area (TPSA) is 92.2 Å². The van der Waals surface area contributed by atoms with Gasteiger partial charge in [-0.2, -0.15) is 0 Å². The summed E-state index contributed by atoms with van der Waals surface area (Å²) < 4.78 is 5.52. The lowest BCUT2D eigenvalue weighted by Crippen LogP contribution is -2.45. The Kier molecular flexibility index (Phi) is 4.45. The summed E-state index contributed by atoms with van der Waals surface area (Å²) in [6.07, 6.45) is 2.98. The standard InChI is InChI=1S/C17H22N4O4/c1-17(2,3)25-16(23)21-11-4-5-13(21)10-20(15(22)8-11)12-6-7-14(19-24)18-9-12/h6-7,9,11,13H,4-5,8,10H2,1-3H3/t11?,13-/m1/s1. The highest BCUT2D eigenvalue weighted by Gasteiger charge is 2.44. The Bertz CT molecular complexity index is 683. The highest BCUT2D eigenvalue weighted by atomic mass is 16.6. The van der Waals surface area contributed by atoms with E-state index in [1.165, 1.54) is 12.3 Å². The zero-order chi connectivity index (χ0) is 18.2. The molecular formula is C17H22N4O4. The van der Waals surface area contributed by atoms with E-state index in [0.29, 0.717) is 12.2 Å². The first-order valence-electron chi connectivity index (χ1n) is 8.39. The van der Waals surface area contributed by atoms with Crippen LogP contribution in [0.4, 0.5) is 16.3 Å². The molecular weight excluding hydrogens is 324 g/mol. The van der Waals surface area contributed by atoms with Crippen molar-refractivity contribution in [1.82, 2.24) is 9.88 Å². The van der Waals surface area contributed by atoms with Gasteiger partial charge in [-0.15, -0.1) is 4.91 Å². The molecule has 3 heterocycles. The Balaban J connectivity index is 1.82. The number of amides is 2. The Hall–Kier alpha value is -2.51. The summed E-state index contributed by atoms with van der Waals surface area (Å²) in [5.41, 5.74) is 0.0303. The second kappa shape index (κ2) is 6.42. The van der Waals surface area contributed by atoms with E-state index in [9.17, 15) is 14.5 Å². The smallest absolute Gasteiger partial charge is 0.410 e. The largest absolute Gasteiger partial charge is 0.444 e. The fraction of sp³-hybridized carbons (Fsp3) is 0.588. The van der Waals surface area contributed by atoms with E-state index >= 15 is 0 Å². The van der Waals surface area contributed by atoms with Crippen molar-refractivity contribution in [1.29, 1.82) is 0 Å². The van der Waals surface area contributed by atoms with Crippen molar-refractivity contribution in [2.45, 2.75) is 57.7 Å². The molecule has 3 rings (SSSR count). The van der Waals surface area contributed by atoms with Gasteiger partial charge in [-0.05, 0) is 50.9 Å². The predicted molar refractivity (Wildman–Crippen MR) is 91.5 cm³/mol. The summed E-state index contributed by atoms with van der Waals surface area (Å²) in [5, 5.41) is 2.77. The molecule has 2 amide bonds. The third-order valence-electron chi connectivity index (χ3n) is 4.47. The average molecular weight is 346 g/mol. The van der Waals surface area contributed by atoms with Crippen LogP contribution in [-0.2, 0) is 9.53 Å². The molecule has 0 spiro atoms. The second-order valence-electron chi connectivity index (χ2n) is 7.45. The van der Waals surface area contributed by atoms with E-state index in [1.54, 1.807) is 15.9 Å². The van der Waals surface area contributed by atoms with Crippen molar-refractivity contribution in [2.24, 2.45) is 5.18 Å². The molecule has 1 aromatic heterocycles. The number of fused-ring (bicyclic) bond motifs is 2. The molecule has 1 aromatic rings. The van der Waals surface area contributed by atoms with Crippen LogP contribution in [0.25, 0.3) is 0 Å². The van der Waals surface area contributed by atoms with Gasteiger partial charge in [0.2, 0.25) is 5.91 Å². The van der Waals surface area contributed by atoms with Crippen molar-refractivity contribution >= 4 is 23.5 Å². The van der Waals surface area contributed by atoms with Gasteiger partial charge in [0, 0.05) is 19.0 Å². The third-order valence-corrected chi connectivity index (χ3v) is 4.47. The van der Waals surface area contributed by atoms with Gasteiger partial charge >= 0.3 is 6.09 Å². The number of nitrogens with zero attached hydrogens (tertiary/aromatic N) is 4. The highest BCUT2D eigenvalue weighted by molar-refractivity contribution is 5.94. The molecule has 0 aliphatic carbocycles. The first-order chi connectivity index (χ1) is 11.8. The van der Waals surface area contributed by atoms with Crippen LogP contribution in [0.1, 0.15) is 40.0 Å². The SMILES string of the molecule is CC(C)(C)OC(=O)N1C2CC[C@@H]1CN(c1ccc(N=O)nc1)C(=O)C2. The maximum Gasteiger partial charge on any atom is 0.410 e. The van der Waals surface area contributed by atoms with Crippen LogP contribution in [-0.4, -0.2) is 46.1 Å².